The van der Waals surface area contributed by atoms with Gasteiger partial charge in [0.15, 0.2) is 12.2 Å². The molecule has 2 aliphatic rings. The number of oxazole rings is 1. The van der Waals surface area contributed by atoms with E-state index in [4.69, 9.17) is 9.15 Å². The summed E-state index contributed by atoms with van der Waals surface area (Å²) in [6, 6.07) is 11.7. The Morgan fingerprint density at radius 1 is 1.22 bits per heavy atom. The maximum Gasteiger partial charge on any atom is 0.243 e. The van der Waals surface area contributed by atoms with Crippen LogP contribution in [0.1, 0.15) is 35.5 Å². The van der Waals surface area contributed by atoms with Crippen molar-refractivity contribution in [3.63, 3.8) is 0 Å². The van der Waals surface area contributed by atoms with Gasteiger partial charge in [0, 0.05) is 44.5 Å². The minimum Gasteiger partial charge on any atom is -0.443 e. The fourth-order valence-corrected chi connectivity index (χ4v) is 5.06. The number of methoxy groups -OCH3 is 1. The first kappa shape index (κ1) is 23.9. The number of carbonyl (C=O) groups excluding carboxylic acids is 1. The van der Waals surface area contributed by atoms with Crippen LogP contribution < -0.4 is 10.2 Å². The predicted octanol–water partition coefficient (Wildman–Crippen LogP) is 2.43. The first-order chi connectivity index (χ1) is 17.5. The van der Waals surface area contributed by atoms with E-state index in [1.54, 1.807) is 13.2 Å². The molecule has 10 nitrogen and oxygen atoms in total. The van der Waals surface area contributed by atoms with Crippen molar-refractivity contribution in [1.82, 2.24) is 25.2 Å². The van der Waals surface area contributed by atoms with E-state index >= 15 is 0 Å². The van der Waals surface area contributed by atoms with Crippen LogP contribution in [0.2, 0.25) is 0 Å². The van der Waals surface area contributed by atoms with Gasteiger partial charge in [0.05, 0.1) is 13.2 Å². The van der Waals surface area contributed by atoms with Crippen LogP contribution in [0.3, 0.4) is 0 Å². The van der Waals surface area contributed by atoms with E-state index in [1.165, 1.54) is 6.39 Å². The smallest absolute Gasteiger partial charge is 0.243 e. The largest absolute Gasteiger partial charge is 0.443 e. The monoisotopic (exact) mass is 487 g/mol. The number of aryl methyl sites for hydroxylation is 1. The van der Waals surface area contributed by atoms with Gasteiger partial charge in [0.1, 0.15) is 23.0 Å². The summed E-state index contributed by atoms with van der Waals surface area (Å²) in [5.41, 5.74) is 3.18. The molecule has 1 N–H and O–H groups in total. The van der Waals surface area contributed by atoms with Gasteiger partial charge in [-0.3, -0.25) is 4.79 Å². The van der Waals surface area contributed by atoms with Crippen LogP contribution >= 0.6 is 0 Å². The highest BCUT2D eigenvalue weighted by Crippen LogP contribution is 2.31. The Labute approximate surface area is 209 Å². The number of anilines is 1. The molecule has 2 aliphatic heterocycles. The zero-order valence-electron chi connectivity index (χ0n) is 20.5. The Morgan fingerprint density at radius 2 is 2.06 bits per heavy atom. The molecule has 0 unspecified atom stereocenters. The van der Waals surface area contributed by atoms with Crippen molar-refractivity contribution < 1.29 is 13.9 Å². The number of hydrogen-bond donors (Lipinski definition) is 1. The van der Waals surface area contributed by atoms with E-state index in [2.05, 4.69) is 31.2 Å². The third-order valence-electron chi connectivity index (χ3n) is 6.88. The summed E-state index contributed by atoms with van der Waals surface area (Å²) < 4.78 is 11.0. The summed E-state index contributed by atoms with van der Waals surface area (Å²) in [6.45, 7) is 5.32. The van der Waals surface area contributed by atoms with Crippen LogP contribution in [0.5, 0.6) is 0 Å². The molecule has 10 heteroatoms. The van der Waals surface area contributed by atoms with E-state index in [1.807, 2.05) is 36.1 Å². The third kappa shape index (κ3) is 4.67. The maximum atomic E-state index is 13.7. The van der Waals surface area contributed by atoms with Crippen LogP contribution in [0.15, 0.2) is 41.1 Å². The molecule has 0 bridgehead atoms. The van der Waals surface area contributed by atoms with E-state index in [9.17, 15) is 10.1 Å². The van der Waals surface area contributed by atoms with Crippen LogP contribution in [0, 0.1) is 18.3 Å². The lowest BCUT2D eigenvalue weighted by Crippen LogP contribution is -2.67. The molecule has 1 aromatic carbocycles. The quantitative estimate of drug-likeness (QED) is 0.559. The third-order valence-corrected chi connectivity index (χ3v) is 6.88. The van der Waals surface area contributed by atoms with Crippen LogP contribution in [-0.4, -0.2) is 64.6 Å². The molecule has 1 spiro atoms. The zero-order chi connectivity index (χ0) is 25.1. The fourth-order valence-electron chi connectivity index (χ4n) is 5.06. The van der Waals surface area contributed by atoms with Crippen molar-refractivity contribution in [1.29, 1.82) is 5.26 Å². The van der Waals surface area contributed by atoms with Crippen LogP contribution in [0.4, 0.5) is 5.95 Å². The molecular weight excluding hydrogens is 458 g/mol. The molecule has 1 amide bonds. The van der Waals surface area contributed by atoms with E-state index < -0.39 is 5.54 Å². The minimum atomic E-state index is -0.626. The number of nitrogens with one attached hydrogen (secondary N) is 1. The molecular formula is C26H29N7O3. The first-order valence-electron chi connectivity index (χ1n) is 12.1. The molecule has 36 heavy (non-hydrogen) atoms. The highest BCUT2D eigenvalue weighted by molar-refractivity contribution is 5.87. The molecule has 2 saturated heterocycles. The van der Waals surface area contributed by atoms with Gasteiger partial charge in [-0.1, -0.05) is 18.2 Å². The van der Waals surface area contributed by atoms with E-state index in [-0.39, 0.29) is 5.91 Å². The van der Waals surface area contributed by atoms with Crippen molar-refractivity contribution in [3.05, 3.63) is 59.4 Å². The molecule has 4 heterocycles. The van der Waals surface area contributed by atoms with Gasteiger partial charge in [-0.05, 0) is 37.5 Å². The Morgan fingerprint density at radius 3 is 2.83 bits per heavy atom. The Bertz CT molecular complexity index is 1290. The van der Waals surface area contributed by atoms with Crippen LogP contribution in [0.25, 0.3) is 11.3 Å². The number of benzene rings is 1. The lowest BCUT2D eigenvalue weighted by molar-refractivity contribution is -0.143. The fraction of sp³-hybridized carbons (Fsp3) is 0.423. The summed E-state index contributed by atoms with van der Waals surface area (Å²) in [6.07, 6.45) is 2.70. The van der Waals surface area contributed by atoms with Crippen LogP contribution in [-0.2, 0) is 22.7 Å². The van der Waals surface area contributed by atoms with E-state index in [0.29, 0.717) is 69.6 Å². The Kier molecular flexibility index (Phi) is 6.67. The molecule has 2 aromatic heterocycles. The normalized spacial score (nSPS) is 17.4. The van der Waals surface area contributed by atoms with Crippen molar-refractivity contribution >= 4 is 11.9 Å². The lowest BCUT2D eigenvalue weighted by atomic mass is 9.84. The first-order valence-corrected chi connectivity index (χ1v) is 12.1. The molecule has 186 valence electrons. The number of amides is 1. The summed E-state index contributed by atoms with van der Waals surface area (Å²) >= 11 is 0. The van der Waals surface area contributed by atoms with Crippen molar-refractivity contribution in [2.24, 2.45) is 0 Å². The zero-order valence-corrected chi connectivity index (χ0v) is 20.5. The number of nitriles is 1. The standard InChI is InChI=1S/C26H29N7O3/c1-18-12-21(14-27)31-25(30-18)32-9-6-26(7-10-32)24(34)33(11-8-29-26)15-22-23(36-17-28-22)20-5-3-4-19(13-20)16-35-2/h3-5,12-13,17,29H,6-11,15-16H2,1-2H3. The summed E-state index contributed by atoms with van der Waals surface area (Å²) in [5.74, 6) is 1.30. The van der Waals surface area contributed by atoms with Crippen molar-refractivity contribution in [2.75, 3.05) is 38.2 Å². The highest BCUT2D eigenvalue weighted by Gasteiger charge is 2.46. The van der Waals surface area contributed by atoms with E-state index in [0.717, 1.165) is 22.5 Å². The number of aromatic nitrogens is 3. The minimum absolute atomic E-state index is 0.0818. The topological polar surface area (TPSA) is 120 Å². The maximum absolute atomic E-state index is 13.7. The van der Waals surface area contributed by atoms with Gasteiger partial charge < -0.3 is 24.3 Å². The second-order valence-electron chi connectivity index (χ2n) is 9.29. The van der Waals surface area contributed by atoms with Gasteiger partial charge in [0.2, 0.25) is 11.9 Å². The van der Waals surface area contributed by atoms with Gasteiger partial charge >= 0.3 is 0 Å². The average molecular weight is 488 g/mol. The van der Waals surface area contributed by atoms with Crippen molar-refractivity contribution in [3.8, 4) is 17.4 Å². The number of rotatable bonds is 6. The molecule has 3 aromatic rings. The molecule has 5 rings (SSSR count). The predicted molar refractivity (Wildman–Crippen MR) is 132 cm³/mol. The lowest BCUT2D eigenvalue weighted by Gasteiger charge is -2.46. The number of hydrogen-bond acceptors (Lipinski definition) is 9. The van der Waals surface area contributed by atoms with Gasteiger partial charge in [0.25, 0.3) is 0 Å². The molecule has 0 aliphatic carbocycles. The number of carbonyl (C=O) groups is 1. The Balaban J connectivity index is 1.30. The second-order valence-corrected chi connectivity index (χ2v) is 9.29. The molecule has 0 radical (unpaired) electrons. The number of ether oxygens (including phenoxy) is 1. The van der Waals surface area contributed by atoms with Crippen molar-refractivity contribution in [2.45, 2.75) is 38.5 Å². The Hall–Kier alpha value is -3.81. The number of piperidine rings is 1. The highest BCUT2D eigenvalue weighted by atomic mass is 16.5. The summed E-state index contributed by atoms with van der Waals surface area (Å²) in [4.78, 5) is 30.9. The average Bonchev–Trinajstić information content (AvgIpc) is 3.35. The number of piperazine rings is 1. The number of nitrogens with zero attached hydrogens (tertiary/aromatic N) is 6. The molecule has 0 atom stereocenters. The van der Waals surface area contributed by atoms with Gasteiger partial charge in [-0.2, -0.15) is 5.26 Å². The van der Waals surface area contributed by atoms with Gasteiger partial charge in [-0.25, -0.2) is 15.0 Å². The summed E-state index contributed by atoms with van der Waals surface area (Å²) in [5, 5.41) is 12.7. The molecule has 0 saturated carbocycles. The van der Waals surface area contributed by atoms with Gasteiger partial charge in [-0.15, -0.1) is 0 Å². The molecule has 2 fully saturated rings. The second kappa shape index (κ2) is 10.0. The summed E-state index contributed by atoms with van der Waals surface area (Å²) in [7, 11) is 1.67. The SMILES string of the molecule is COCc1cccc(-c2ocnc2CN2CCNC3(CCN(c4nc(C)cc(C#N)n4)CC3)C2=O)c1.